The summed E-state index contributed by atoms with van der Waals surface area (Å²) in [5.41, 5.74) is 4.16. The van der Waals surface area contributed by atoms with E-state index in [1.807, 2.05) is 53.9 Å². The smallest absolute Gasteiger partial charge is 0.337 e. The van der Waals surface area contributed by atoms with Crippen LogP contribution in [-0.4, -0.2) is 24.0 Å². The molecule has 1 amide bonds. The Morgan fingerprint density at radius 1 is 0.935 bits per heavy atom. The van der Waals surface area contributed by atoms with Crippen molar-refractivity contribution in [2.45, 2.75) is 0 Å². The van der Waals surface area contributed by atoms with Gasteiger partial charge in [0.2, 0.25) is 0 Å². The zero-order valence-corrected chi connectivity index (χ0v) is 18.0. The van der Waals surface area contributed by atoms with Crippen LogP contribution in [0, 0.1) is 0 Å². The van der Waals surface area contributed by atoms with Crippen LogP contribution in [0.5, 0.6) is 0 Å². The van der Waals surface area contributed by atoms with Crippen LogP contribution in [0.1, 0.15) is 20.7 Å². The zero-order chi connectivity index (χ0) is 21.8. The van der Waals surface area contributed by atoms with Crippen LogP contribution < -0.4 is 5.32 Å². The summed E-state index contributed by atoms with van der Waals surface area (Å²) in [7, 11) is 1.30. The van der Waals surface area contributed by atoms with Gasteiger partial charge in [0.05, 0.1) is 18.4 Å². The second-order valence-electron chi connectivity index (χ2n) is 6.65. The Kier molecular flexibility index (Phi) is 6.11. The molecule has 0 aliphatic heterocycles. The number of aromatic nitrogens is 1. The lowest BCUT2D eigenvalue weighted by molar-refractivity contribution is 0.0600. The summed E-state index contributed by atoms with van der Waals surface area (Å²) < 4.78 is 4.70. The fourth-order valence-corrected chi connectivity index (χ4v) is 3.93. The van der Waals surface area contributed by atoms with Crippen LogP contribution in [0.25, 0.3) is 21.8 Å². The number of benzene rings is 3. The average Bonchev–Trinajstić information content (AvgIpc) is 3.30. The molecule has 3 aromatic carbocycles. The summed E-state index contributed by atoms with van der Waals surface area (Å²) in [5, 5.41) is 6.43. The van der Waals surface area contributed by atoms with Crippen LogP contribution >= 0.6 is 22.9 Å². The predicted octanol–water partition coefficient (Wildman–Crippen LogP) is 6.17. The number of ether oxygens (including phenoxy) is 1. The molecule has 4 rings (SSSR count). The molecule has 0 aliphatic rings. The van der Waals surface area contributed by atoms with Crippen molar-refractivity contribution in [3.63, 3.8) is 0 Å². The molecule has 0 saturated heterocycles. The van der Waals surface area contributed by atoms with Gasteiger partial charge in [-0.3, -0.25) is 4.79 Å². The molecule has 0 unspecified atom stereocenters. The van der Waals surface area contributed by atoms with Crippen molar-refractivity contribution in [2.75, 3.05) is 12.4 Å². The van der Waals surface area contributed by atoms with Crippen LogP contribution in [0.15, 0.2) is 78.2 Å². The number of nitrogens with zero attached hydrogens (tertiary/aromatic N) is 1. The second kappa shape index (κ2) is 9.12. The van der Waals surface area contributed by atoms with E-state index < -0.39 is 5.97 Å². The van der Waals surface area contributed by atoms with Gasteiger partial charge in [-0.1, -0.05) is 41.9 Å². The molecule has 31 heavy (non-hydrogen) atoms. The highest BCUT2D eigenvalue weighted by molar-refractivity contribution is 7.13. The number of thiazole rings is 1. The first kappa shape index (κ1) is 20.8. The van der Waals surface area contributed by atoms with E-state index in [2.05, 4.69) is 5.32 Å². The minimum atomic E-state index is -0.486. The van der Waals surface area contributed by atoms with Gasteiger partial charge >= 0.3 is 5.97 Å². The Hall–Kier alpha value is -3.48. The number of carbonyl (C=O) groups is 2. The molecule has 0 atom stereocenters. The van der Waals surface area contributed by atoms with E-state index in [0.717, 1.165) is 21.8 Å². The van der Waals surface area contributed by atoms with E-state index in [4.69, 9.17) is 21.3 Å². The second-order valence-corrected chi connectivity index (χ2v) is 7.94. The lowest BCUT2D eigenvalue weighted by Crippen LogP contribution is -2.13. The van der Waals surface area contributed by atoms with Crippen molar-refractivity contribution in [3.8, 4) is 21.8 Å². The normalized spacial score (nSPS) is 10.5. The molecule has 0 spiro atoms. The number of esters is 1. The van der Waals surface area contributed by atoms with Gasteiger partial charge in [-0.25, -0.2) is 9.78 Å². The van der Waals surface area contributed by atoms with Gasteiger partial charge in [0, 0.05) is 32.8 Å². The van der Waals surface area contributed by atoms with Crippen LogP contribution in [0.4, 0.5) is 5.69 Å². The van der Waals surface area contributed by atoms with Crippen molar-refractivity contribution in [1.29, 1.82) is 0 Å². The molecule has 0 bridgehead atoms. The van der Waals surface area contributed by atoms with E-state index >= 15 is 0 Å². The Bertz CT molecular complexity index is 1230. The average molecular weight is 449 g/mol. The van der Waals surface area contributed by atoms with Gasteiger partial charge in [0.15, 0.2) is 0 Å². The van der Waals surface area contributed by atoms with Gasteiger partial charge in [-0.15, -0.1) is 11.3 Å². The maximum Gasteiger partial charge on any atom is 0.337 e. The summed E-state index contributed by atoms with van der Waals surface area (Å²) in [6, 6.07) is 21.4. The quantitative estimate of drug-likeness (QED) is 0.371. The van der Waals surface area contributed by atoms with Gasteiger partial charge in [-0.2, -0.15) is 0 Å². The number of halogens is 1. The van der Waals surface area contributed by atoms with Crippen molar-refractivity contribution in [3.05, 3.63) is 94.3 Å². The van der Waals surface area contributed by atoms with Crippen molar-refractivity contribution >= 4 is 40.5 Å². The number of amides is 1. The molecule has 1 heterocycles. The molecule has 0 fully saturated rings. The summed E-state index contributed by atoms with van der Waals surface area (Å²) in [5.74, 6) is -0.794. The van der Waals surface area contributed by atoms with Gasteiger partial charge in [-0.05, 0) is 42.5 Å². The number of anilines is 1. The van der Waals surface area contributed by atoms with Crippen LogP contribution in [-0.2, 0) is 4.74 Å². The van der Waals surface area contributed by atoms with Crippen molar-refractivity contribution in [1.82, 2.24) is 4.98 Å². The number of carbonyl (C=O) groups excluding carboxylic acids is 2. The Morgan fingerprint density at radius 2 is 1.61 bits per heavy atom. The predicted molar refractivity (Wildman–Crippen MR) is 124 cm³/mol. The Balaban J connectivity index is 1.47. The molecule has 154 valence electrons. The standard InChI is InChI=1S/C24H17ClN2O3S/c1-30-24(29)18-4-2-3-17(13-18)22(28)26-20-11-7-15(8-12-20)21-14-31-23(27-21)16-5-9-19(25)10-6-16/h2-14H,1H3,(H,26,28). The maximum atomic E-state index is 12.5. The molecule has 0 radical (unpaired) electrons. The van der Waals surface area contributed by atoms with E-state index in [1.54, 1.807) is 29.5 Å². The topological polar surface area (TPSA) is 68.3 Å². The van der Waals surface area contributed by atoms with Gasteiger partial charge in [0.1, 0.15) is 5.01 Å². The fourth-order valence-electron chi connectivity index (χ4n) is 2.96. The third-order valence-electron chi connectivity index (χ3n) is 4.58. The number of hydrogen-bond donors (Lipinski definition) is 1. The minimum absolute atomic E-state index is 0.308. The lowest BCUT2D eigenvalue weighted by atomic mass is 10.1. The van der Waals surface area contributed by atoms with E-state index in [1.165, 1.54) is 13.2 Å². The number of nitrogens with one attached hydrogen (secondary N) is 1. The first-order valence-corrected chi connectivity index (χ1v) is 10.6. The number of rotatable bonds is 5. The third kappa shape index (κ3) is 4.82. The highest BCUT2D eigenvalue weighted by Gasteiger charge is 2.12. The number of hydrogen-bond acceptors (Lipinski definition) is 5. The van der Waals surface area contributed by atoms with E-state index in [-0.39, 0.29) is 5.91 Å². The molecular formula is C24H17ClN2O3S. The maximum absolute atomic E-state index is 12.5. The van der Waals surface area contributed by atoms with Crippen molar-refractivity contribution < 1.29 is 14.3 Å². The molecule has 7 heteroatoms. The first-order chi connectivity index (χ1) is 15.0. The van der Waals surface area contributed by atoms with Crippen LogP contribution in [0.3, 0.4) is 0 Å². The highest BCUT2D eigenvalue weighted by atomic mass is 35.5. The van der Waals surface area contributed by atoms with Crippen LogP contribution in [0.2, 0.25) is 5.02 Å². The minimum Gasteiger partial charge on any atom is -0.465 e. The van der Waals surface area contributed by atoms with E-state index in [0.29, 0.717) is 21.8 Å². The third-order valence-corrected chi connectivity index (χ3v) is 5.72. The first-order valence-electron chi connectivity index (χ1n) is 9.35. The lowest BCUT2D eigenvalue weighted by Gasteiger charge is -2.07. The molecule has 0 aliphatic carbocycles. The van der Waals surface area contributed by atoms with Gasteiger partial charge in [0.25, 0.3) is 5.91 Å². The molecule has 0 saturated carbocycles. The highest BCUT2D eigenvalue weighted by Crippen LogP contribution is 2.30. The largest absolute Gasteiger partial charge is 0.465 e. The van der Waals surface area contributed by atoms with Gasteiger partial charge < -0.3 is 10.1 Å². The zero-order valence-electron chi connectivity index (χ0n) is 16.5. The molecule has 1 N–H and O–H groups in total. The fraction of sp³-hybridized carbons (Fsp3) is 0.0417. The molecule has 4 aromatic rings. The molecular weight excluding hydrogens is 432 g/mol. The molecule has 5 nitrogen and oxygen atoms in total. The summed E-state index contributed by atoms with van der Waals surface area (Å²) in [6.45, 7) is 0. The summed E-state index contributed by atoms with van der Waals surface area (Å²) in [6.07, 6.45) is 0. The Labute approximate surface area is 188 Å². The summed E-state index contributed by atoms with van der Waals surface area (Å²) >= 11 is 7.51. The SMILES string of the molecule is COC(=O)c1cccc(C(=O)Nc2ccc(-c3csc(-c4ccc(Cl)cc4)n3)cc2)c1. The van der Waals surface area contributed by atoms with Crippen molar-refractivity contribution in [2.24, 2.45) is 0 Å². The van der Waals surface area contributed by atoms with E-state index in [9.17, 15) is 9.59 Å². The Morgan fingerprint density at radius 3 is 2.32 bits per heavy atom. The monoisotopic (exact) mass is 448 g/mol. The summed E-state index contributed by atoms with van der Waals surface area (Å²) in [4.78, 5) is 28.9. The molecule has 1 aromatic heterocycles. The number of methoxy groups -OCH3 is 1.